The topological polar surface area (TPSA) is 50.2 Å². The standard InChI is InChI=1S/C16H26N4O/c1-11-10-12(2)20(18-11)13(3)16(21)17-14-7-9-19-8-5-4-6-15(14)19/h10,13-15H,4-9H2,1-3H3,(H,17,21). The smallest absolute Gasteiger partial charge is 0.244 e. The number of rotatable bonds is 3. The van der Waals surface area contributed by atoms with Crippen LogP contribution >= 0.6 is 0 Å². The van der Waals surface area contributed by atoms with E-state index in [1.807, 2.05) is 31.5 Å². The van der Waals surface area contributed by atoms with E-state index in [0.29, 0.717) is 12.1 Å². The van der Waals surface area contributed by atoms with Crippen molar-refractivity contribution in [2.75, 3.05) is 13.1 Å². The Balaban J connectivity index is 1.65. The van der Waals surface area contributed by atoms with Gasteiger partial charge in [0, 0.05) is 24.3 Å². The second-order valence-corrected chi connectivity index (χ2v) is 6.55. The first-order chi connectivity index (χ1) is 10.1. The molecule has 0 saturated carbocycles. The zero-order valence-corrected chi connectivity index (χ0v) is 13.3. The summed E-state index contributed by atoms with van der Waals surface area (Å²) >= 11 is 0. The van der Waals surface area contributed by atoms with Crippen LogP contribution in [0.5, 0.6) is 0 Å². The van der Waals surface area contributed by atoms with Gasteiger partial charge in [-0.2, -0.15) is 5.10 Å². The number of hydrogen-bond donors (Lipinski definition) is 1. The van der Waals surface area contributed by atoms with Crippen LogP contribution in [0.25, 0.3) is 0 Å². The maximum absolute atomic E-state index is 12.5. The second kappa shape index (κ2) is 5.79. The van der Waals surface area contributed by atoms with Crippen LogP contribution < -0.4 is 5.32 Å². The number of carbonyl (C=O) groups is 1. The van der Waals surface area contributed by atoms with Gasteiger partial charge in [-0.3, -0.25) is 14.4 Å². The number of nitrogens with zero attached hydrogens (tertiary/aromatic N) is 3. The van der Waals surface area contributed by atoms with Crippen molar-refractivity contribution in [1.82, 2.24) is 20.0 Å². The number of nitrogens with one attached hydrogen (secondary N) is 1. The lowest BCUT2D eigenvalue weighted by Gasteiger charge is -2.33. The van der Waals surface area contributed by atoms with Crippen LogP contribution in [-0.4, -0.2) is 45.8 Å². The van der Waals surface area contributed by atoms with Crippen LogP contribution in [0.1, 0.15) is 50.0 Å². The fourth-order valence-electron chi connectivity index (χ4n) is 3.87. The molecule has 2 aliphatic rings. The van der Waals surface area contributed by atoms with E-state index in [0.717, 1.165) is 24.4 Å². The van der Waals surface area contributed by atoms with Crippen LogP contribution in [0.2, 0.25) is 0 Å². The van der Waals surface area contributed by atoms with Gasteiger partial charge in [0.2, 0.25) is 5.91 Å². The lowest BCUT2D eigenvalue weighted by atomic mass is 9.99. The zero-order valence-electron chi connectivity index (χ0n) is 13.3. The van der Waals surface area contributed by atoms with E-state index in [4.69, 9.17) is 0 Å². The molecule has 2 saturated heterocycles. The Hall–Kier alpha value is -1.36. The van der Waals surface area contributed by atoms with E-state index in [1.54, 1.807) is 0 Å². The van der Waals surface area contributed by atoms with Crippen molar-refractivity contribution < 1.29 is 4.79 Å². The Morgan fingerprint density at radius 2 is 2.14 bits per heavy atom. The minimum atomic E-state index is -0.239. The Labute approximate surface area is 126 Å². The maximum Gasteiger partial charge on any atom is 0.244 e. The van der Waals surface area contributed by atoms with Crippen LogP contribution in [0, 0.1) is 13.8 Å². The molecule has 1 aromatic rings. The molecule has 116 valence electrons. The SMILES string of the molecule is Cc1cc(C)n(C(C)C(=O)NC2CCN3CCCCC23)n1. The zero-order chi connectivity index (χ0) is 15.0. The molecule has 3 heterocycles. The summed E-state index contributed by atoms with van der Waals surface area (Å²) in [6, 6.07) is 2.64. The van der Waals surface area contributed by atoms with Crippen LogP contribution in [0.3, 0.4) is 0 Å². The van der Waals surface area contributed by atoms with Gasteiger partial charge in [-0.25, -0.2) is 0 Å². The highest BCUT2D eigenvalue weighted by atomic mass is 16.2. The minimum absolute atomic E-state index is 0.0959. The first kappa shape index (κ1) is 14.6. The van der Waals surface area contributed by atoms with Gasteiger partial charge in [0.1, 0.15) is 6.04 Å². The highest BCUT2D eigenvalue weighted by molar-refractivity contribution is 5.80. The molecule has 0 bridgehead atoms. The van der Waals surface area contributed by atoms with E-state index in [2.05, 4.69) is 15.3 Å². The van der Waals surface area contributed by atoms with Crippen LogP contribution in [-0.2, 0) is 4.79 Å². The normalized spacial score (nSPS) is 27.4. The summed E-state index contributed by atoms with van der Waals surface area (Å²) in [6.45, 7) is 8.23. The van der Waals surface area contributed by atoms with Crippen molar-refractivity contribution in [1.29, 1.82) is 0 Å². The van der Waals surface area contributed by atoms with E-state index < -0.39 is 0 Å². The average molecular weight is 290 g/mol. The summed E-state index contributed by atoms with van der Waals surface area (Å²) in [5.41, 5.74) is 2.01. The molecule has 0 aliphatic carbocycles. The summed E-state index contributed by atoms with van der Waals surface area (Å²) in [5.74, 6) is 0.0959. The highest BCUT2D eigenvalue weighted by Gasteiger charge is 2.36. The Morgan fingerprint density at radius 3 is 2.86 bits per heavy atom. The van der Waals surface area contributed by atoms with Crippen molar-refractivity contribution in [2.45, 2.75) is 64.6 Å². The summed E-state index contributed by atoms with van der Waals surface area (Å²) in [4.78, 5) is 15.1. The van der Waals surface area contributed by atoms with Gasteiger partial charge in [-0.05, 0) is 52.6 Å². The molecule has 3 rings (SSSR count). The molecule has 0 aromatic carbocycles. The Kier molecular flexibility index (Phi) is 4.02. The molecular formula is C16H26N4O. The highest BCUT2D eigenvalue weighted by Crippen LogP contribution is 2.27. The van der Waals surface area contributed by atoms with Crippen molar-refractivity contribution in [2.24, 2.45) is 0 Å². The molecule has 0 spiro atoms. The fourth-order valence-corrected chi connectivity index (χ4v) is 3.87. The van der Waals surface area contributed by atoms with Gasteiger partial charge in [-0.1, -0.05) is 6.42 Å². The molecule has 1 amide bonds. The number of fused-ring (bicyclic) bond motifs is 1. The molecule has 1 aromatic heterocycles. The van der Waals surface area contributed by atoms with Crippen molar-refractivity contribution in [3.05, 3.63) is 17.5 Å². The number of hydrogen-bond acceptors (Lipinski definition) is 3. The van der Waals surface area contributed by atoms with E-state index in [-0.39, 0.29) is 11.9 Å². The molecule has 0 radical (unpaired) electrons. The molecule has 3 atom stereocenters. The first-order valence-corrected chi connectivity index (χ1v) is 8.13. The molecule has 2 aliphatic heterocycles. The summed E-state index contributed by atoms with van der Waals surface area (Å²) in [6.07, 6.45) is 4.90. The summed E-state index contributed by atoms with van der Waals surface area (Å²) in [7, 11) is 0. The number of aryl methyl sites for hydroxylation is 2. The quantitative estimate of drug-likeness (QED) is 0.923. The number of aromatic nitrogens is 2. The van der Waals surface area contributed by atoms with Gasteiger partial charge in [-0.15, -0.1) is 0 Å². The molecular weight excluding hydrogens is 264 g/mol. The van der Waals surface area contributed by atoms with Gasteiger partial charge >= 0.3 is 0 Å². The number of carbonyl (C=O) groups excluding carboxylic acids is 1. The van der Waals surface area contributed by atoms with E-state index >= 15 is 0 Å². The number of piperidine rings is 1. The molecule has 21 heavy (non-hydrogen) atoms. The third kappa shape index (κ3) is 2.84. The van der Waals surface area contributed by atoms with Crippen LogP contribution in [0.4, 0.5) is 0 Å². The van der Waals surface area contributed by atoms with Gasteiger partial charge < -0.3 is 5.32 Å². The molecule has 5 nitrogen and oxygen atoms in total. The maximum atomic E-state index is 12.5. The minimum Gasteiger partial charge on any atom is -0.350 e. The van der Waals surface area contributed by atoms with E-state index in [1.165, 1.54) is 25.8 Å². The molecule has 5 heteroatoms. The predicted molar refractivity (Wildman–Crippen MR) is 82.2 cm³/mol. The largest absolute Gasteiger partial charge is 0.350 e. The lowest BCUT2D eigenvalue weighted by molar-refractivity contribution is -0.125. The summed E-state index contributed by atoms with van der Waals surface area (Å²) in [5, 5.41) is 7.70. The third-order valence-electron chi connectivity index (χ3n) is 4.97. The lowest BCUT2D eigenvalue weighted by Crippen LogP contribution is -2.48. The van der Waals surface area contributed by atoms with Crippen molar-refractivity contribution in [3.8, 4) is 0 Å². The van der Waals surface area contributed by atoms with Gasteiger partial charge in [0.05, 0.1) is 5.69 Å². The molecule has 3 unspecified atom stereocenters. The first-order valence-electron chi connectivity index (χ1n) is 8.13. The fraction of sp³-hybridized carbons (Fsp3) is 0.750. The predicted octanol–water partition coefficient (Wildman–Crippen LogP) is 1.80. The van der Waals surface area contributed by atoms with E-state index in [9.17, 15) is 4.79 Å². The molecule has 1 N–H and O–H groups in total. The van der Waals surface area contributed by atoms with Crippen molar-refractivity contribution >= 4 is 5.91 Å². The third-order valence-corrected chi connectivity index (χ3v) is 4.97. The van der Waals surface area contributed by atoms with Crippen LogP contribution in [0.15, 0.2) is 6.07 Å². The Morgan fingerprint density at radius 1 is 1.33 bits per heavy atom. The Bertz CT molecular complexity index is 524. The van der Waals surface area contributed by atoms with Gasteiger partial charge in [0.25, 0.3) is 0 Å². The van der Waals surface area contributed by atoms with Crippen molar-refractivity contribution in [3.63, 3.8) is 0 Å². The second-order valence-electron chi connectivity index (χ2n) is 6.55. The van der Waals surface area contributed by atoms with Gasteiger partial charge in [0.15, 0.2) is 0 Å². The average Bonchev–Trinajstić information content (AvgIpc) is 3.02. The monoisotopic (exact) mass is 290 g/mol. The summed E-state index contributed by atoms with van der Waals surface area (Å²) < 4.78 is 1.83. The number of amides is 1. The molecule has 2 fully saturated rings.